The van der Waals surface area contributed by atoms with E-state index in [9.17, 15) is 13.2 Å². The van der Waals surface area contributed by atoms with Gasteiger partial charge in [0.1, 0.15) is 12.3 Å². The summed E-state index contributed by atoms with van der Waals surface area (Å²) < 4.78 is 33.7. The highest BCUT2D eigenvalue weighted by Crippen LogP contribution is 2.27. The van der Waals surface area contributed by atoms with Crippen molar-refractivity contribution in [1.82, 2.24) is 4.90 Å². The maximum atomic E-state index is 13.5. The van der Waals surface area contributed by atoms with Gasteiger partial charge in [0.05, 0.1) is 17.2 Å². The minimum Gasteiger partial charge on any atom is -0.494 e. The second kappa shape index (κ2) is 11.0. The molecule has 1 heterocycles. The van der Waals surface area contributed by atoms with Crippen molar-refractivity contribution in [2.24, 2.45) is 0 Å². The number of amides is 1. The van der Waals surface area contributed by atoms with Crippen molar-refractivity contribution < 1.29 is 17.9 Å². The molecule has 184 valence electrons. The van der Waals surface area contributed by atoms with Gasteiger partial charge in [0.25, 0.3) is 10.0 Å². The third-order valence-corrected chi connectivity index (χ3v) is 7.87. The number of nitrogens with zero attached hydrogens (tertiary/aromatic N) is 3. The zero-order chi connectivity index (χ0) is 24.8. The van der Waals surface area contributed by atoms with Crippen molar-refractivity contribution in [3.05, 3.63) is 83.9 Å². The molecule has 0 aromatic heterocycles. The van der Waals surface area contributed by atoms with E-state index in [-0.39, 0.29) is 17.3 Å². The molecule has 1 saturated heterocycles. The highest BCUT2D eigenvalue weighted by atomic mass is 35.5. The lowest BCUT2D eigenvalue weighted by molar-refractivity contribution is -0.129. The first-order valence-corrected chi connectivity index (χ1v) is 13.3. The maximum Gasteiger partial charge on any atom is 0.264 e. The van der Waals surface area contributed by atoms with Crippen LogP contribution in [0.3, 0.4) is 0 Å². The van der Waals surface area contributed by atoms with Crippen LogP contribution in [0.15, 0.2) is 83.8 Å². The van der Waals surface area contributed by atoms with Crippen molar-refractivity contribution in [1.29, 1.82) is 0 Å². The van der Waals surface area contributed by atoms with Crippen LogP contribution < -0.4 is 13.9 Å². The summed E-state index contributed by atoms with van der Waals surface area (Å²) in [6.45, 7) is 4.36. The van der Waals surface area contributed by atoms with Gasteiger partial charge in [0.2, 0.25) is 5.91 Å². The largest absolute Gasteiger partial charge is 0.494 e. The summed E-state index contributed by atoms with van der Waals surface area (Å²) in [5.41, 5.74) is 1.41. The predicted octanol–water partition coefficient (Wildman–Crippen LogP) is 4.28. The van der Waals surface area contributed by atoms with Gasteiger partial charge in [-0.25, -0.2) is 8.42 Å². The number of piperazine rings is 1. The zero-order valence-electron chi connectivity index (χ0n) is 19.5. The fourth-order valence-electron chi connectivity index (χ4n) is 4.02. The molecule has 1 aliphatic rings. The molecular formula is C26H28ClN3O4S. The SMILES string of the molecule is CCOc1ccc(N(CC(=O)N2CCN(c3cccc(Cl)c3)CC2)S(=O)(=O)c2ccccc2)cc1. The Balaban J connectivity index is 1.52. The Labute approximate surface area is 211 Å². The molecular weight excluding hydrogens is 486 g/mol. The monoisotopic (exact) mass is 513 g/mol. The standard InChI is InChI=1S/C26H28ClN3O4S/c1-2-34-24-13-11-22(12-14-24)30(35(32,33)25-9-4-3-5-10-25)20-26(31)29-17-15-28(16-18-29)23-8-6-7-21(27)19-23/h3-14,19H,2,15-18,20H2,1H3. The van der Waals surface area contributed by atoms with Gasteiger partial charge < -0.3 is 14.5 Å². The van der Waals surface area contributed by atoms with Crippen LogP contribution in [-0.2, 0) is 14.8 Å². The molecule has 7 nitrogen and oxygen atoms in total. The molecule has 4 rings (SSSR count). The quantitative estimate of drug-likeness (QED) is 0.449. The van der Waals surface area contributed by atoms with Crippen molar-refractivity contribution in [2.45, 2.75) is 11.8 Å². The van der Waals surface area contributed by atoms with Crippen LogP contribution in [0.1, 0.15) is 6.92 Å². The minimum atomic E-state index is -3.95. The van der Waals surface area contributed by atoms with Crippen LogP contribution in [0.2, 0.25) is 5.02 Å². The molecule has 1 amide bonds. The molecule has 0 saturated carbocycles. The molecule has 0 unspecified atom stereocenters. The number of ether oxygens (including phenoxy) is 1. The molecule has 3 aromatic rings. The second-order valence-corrected chi connectivity index (χ2v) is 10.4. The van der Waals surface area contributed by atoms with E-state index in [1.807, 2.05) is 31.2 Å². The number of anilines is 2. The fourth-order valence-corrected chi connectivity index (χ4v) is 5.64. The van der Waals surface area contributed by atoms with E-state index in [1.54, 1.807) is 47.4 Å². The molecule has 0 spiro atoms. The first-order chi connectivity index (χ1) is 16.9. The van der Waals surface area contributed by atoms with Gasteiger partial charge in [-0.05, 0) is 61.5 Å². The summed E-state index contributed by atoms with van der Waals surface area (Å²) in [5.74, 6) is 0.390. The lowest BCUT2D eigenvalue weighted by Gasteiger charge is -2.37. The molecule has 0 aliphatic carbocycles. The number of hydrogen-bond acceptors (Lipinski definition) is 5. The van der Waals surface area contributed by atoms with Gasteiger partial charge in [-0.2, -0.15) is 0 Å². The summed E-state index contributed by atoms with van der Waals surface area (Å²) in [7, 11) is -3.95. The number of carbonyl (C=O) groups excluding carboxylic acids is 1. The van der Waals surface area contributed by atoms with Crippen molar-refractivity contribution >= 4 is 38.9 Å². The number of benzene rings is 3. The average Bonchev–Trinajstić information content (AvgIpc) is 2.88. The van der Waals surface area contributed by atoms with Crippen LogP contribution in [0.5, 0.6) is 5.75 Å². The number of sulfonamides is 1. The van der Waals surface area contributed by atoms with Crippen molar-refractivity contribution in [3.8, 4) is 5.75 Å². The van der Waals surface area contributed by atoms with E-state index in [1.165, 1.54) is 16.4 Å². The molecule has 0 N–H and O–H groups in total. The Bertz CT molecular complexity index is 1250. The molecule has 0 radical (unpaired) electrons. The Morgan fingerprint density at radius 2 is 1.63 bits per heavy atom. The Hall–Kier alpha value is -3.23. The molecule has 1 fully saturated rings. The number of hydrogen-bond donors (Lipinski definition) is 0. The number of carbonyl (C=O) groups is 1. The predicted molar refractivity (Wildman–Crippen MR) is 139 cm³/mol. The van der Waals surface area contributed by atoms with Crippen LogP contribution in [0, 0.1) is 0 Å². The molecule has 0 atom stereocenters. The van der Waals surface area contributed by atoms with Gasteiger partial charge in [-0.15, -0.1) is 0 Å². The van der Waals surface area contributed by atoms with Gasteiger partial charge in [0.15, 0.2) is 0 Å². The number of halogens is 1. The Morgan fingerprint density at radius 3 is 2.26 bits per heavy atom. The summed E-state index contributed by atoms with van der Waals surface area (Å²) in [5, 5.41) is 0.665. The number of rotatable bonds is 8. The van der Waals surface area contributed by atoms with Gasteiger partial charge >= 0.3 is 0 Å². The summed E-state index contributed by atoms with van der Waals surface area (Å²) >= 11 is 6.12. The molecule has 9 heteroatoms. The zero-order valence-corrected chi connectivity index (χ0v) is 21.1. The van der Waals surface area contributed by atoms with E-state index >= 15 is 0 Å². The third kappa shape index (κ3) is 5.89. The Morgan fingerprint density at radius 1 is 0.943 bits per heavy atom. The lowest BCUT2D eigenvalue weighted by atomic mass is 10.2. The smallest absolute Gasteiger partial charge is 0.264 e. The molecule has 0 bridgehead atoms. The van der Waals surface area contributed by atoms with Crippen LogP contribution >= 0.6 is 11.6 Å². The van der Waals surface area contributed by atoms with E-state index in [0.717, 1.165) is 5.69 Å². The summed E-state index contributed by atoms with van der Waals surface area (Å²) in [6.07, 6.45) is 0. The molecule has 1 aliphatic heterocycles. The highest BCUT2D eigenvalue weighted by molar-refractivity contribution is 7.92. The van der Waals surface area contributed by atoms with Gasteiger partial charge in [-0.3, -0.25) is 9.10 Å². The van der Waals surface area contributed by atoms with Crippen LogP contribution in [0.25, 0.3) is 0 Å². The second-order valence-electron chi connectivity index (χ2n) is 8.10. The van der Waals surface area contributed by atoms with Gasteiger partial charge in [0, 0.05) is 36.9 Å². The maximum absolute atomic E-state index is 13.5. The average molecular weight is 514 g/mol. The van der Waals surface area contributed by atoms with Crippen LogP contribution in [-0.4, -0.2) is 58.6 Å². The van der Waals surface area contributed by atoms with E-state index in [2.05, 4.69) is 4.90 Å². The van der Waals surface area contributed by atoms with E-state index in [0.29, 0.717) is 49.2 Å². The molecule has 3 aromatic carbocycles. The first-order valence-electron chi connectivity index (χ1n) is 11.5. The van der Waals surface area contributed by atoms with Crippen molar-refractivity contribution in [2.75, 3.05) is 48.5 Å². The van der Waals surface area contributed by atoms with E-state index in [4.69, 9.17) is 16.3 Å². The first kappa shape index (κ1) is 24.9. The van der Waals surface area contributed by atoms with Crippen LogP contribution in [0.4, 0.5) is 11.4 Å². The van der Waals surface area contributed by atoms with E-state index < -0.39 is 10.0 Å². The summed E-state index contributed by atoms with van der Waals surface area (Å²) in [4.78, 5) is 17.3. The third-order valence-electron chi connectivity index (χ3n) is 5.85. The highest BCUT2D eigenvalue weighted by Gasteiger charge is 2.30. The lowest BCUT2D eigenvalue weighted by Crippen LogP contribution is -2.52. The summed E-state index contributed by atoms with van der Waals surface area (Å²) in [6, 6.07) is 22.5. The minimum absolute atomic E-state index is 0.132. The van der Waals surface area contributed by atoms with Crippen molar-refractivity contribution in [3.63, 3.8) is 0 Å². The van der Waals surface area contributed by atoms with Gasteiger partial charge in [-0.1, -0.05) is 35.9 Å². The Kier molecular flexibility index (Phi) is 7.83. The topological polar surface area (TPSA) is 70.2 Å². The molecule has 35 heavy (non-hydrogen) atoms. The normalized spacial score (nSPS) is 14.0. The fraction of sp³-hybridized carbons (Fsp3) is 0.269.